The average Bonchev–Trinajstić information content (AvgIpc) is 2.28. The molecule has 92 valence electrons. The lowest BCUT2D eigenvalue weighted by Gasteiger charge is -2.25. The number of hydrogen-bond acceptors (Lipinski definition) is 4. The fourth-order valence-electron chi connectivity index (χ4n) is 1.74. The molecule has 1 aromatic heterocycles. The SMILES string of the molecule is CCNC(=O)c1ccc(NCC2CCC2)nn1. The predicted octanol–water partition coefficient (Wildman–Crippen LogP) is 1.44. The van der Waals surface area contributed by atoms with E-state index in [4.69, 9.17) is 0 Å². The van der Waals surface area contributed by atoms with Crippen LogP contribution in [0, 0.1) is 5.92 Å². The second kappa shape index (κ2) is 5.61. The Morgan fingerprint density at radius 3 is 2.76 bits per heavy atom. The highest BCUT2D eigenvalue weighted by Crippen LogP contribution is 2.26. The molecule has 17 heavy (non-hydrogen) atoms. The minimum Gasteiger partial charge on any atom is -0.368 e. The summed E-state index contributed by atoms with van der Waals surface area (Å²) < 4.78 is 0. The van der Waals surface area contributed by atoms with Crippen LogP contribution in [0.15, 0.2) is 12.1 Å². The Labute approximate surface area is 101 Å². The van der Waals surface area contributed by atoms with Crippen LogP contribution in [0.2, 0.25) is 0 Å². The molecular formula is C12H18N4O. The van der Waals surface area contributed by atoms with Crippen LogP contribution in [0.4, 0.5) is 5.82 Å². The van der Waals surface area contributed by atoms with Gasteiger partial charge >= 0.3 is 0 Å². The Balaban J connectivity index is 1.85. The molecule has 1 saturated carbocycles. The summed E-state index contributed by atoms with van der Waals surface area (Å²) in [4.78, 5) is 11.4. The Hall–Kier alpha value is -1.65. The van der Waals surface area contributed by atoms with Crippen LogP contribution in [0.1, 0.15) is 36.7 Å². The van der Waals surface area contributed by atoms with Crippen LogP contribution >= 0.6 is 0 Å². The minimum atomic E-state index is -0.175. The average molecular weight is 234 g/mol. The first kappa shape index (κ1) is 11.8. The van der Waals surface area contributed by atoms with E-state index in [0.29, 0.717) is 12.2 Å². The van der Waals surface area contributed by atoms with Gasteiger partial charge in [-0.05, 0) is 37.8 Å². The number of carbonyl (C=O) groups is 1. The van der Waals surface area contributed by atoms with E-state index in [1.807, 2.05) is 6.92 Å². The molecule has 0 spiro atoms. The van der Waals surface area contributed by atoms with Crippen molar-refractivity contribution < 1.29 is 4.79 Å². The number of aromatic nitrogens is 2. The summed E-state index contributed by atoms with van der Waals surface area (Å²) in [6, 6.07) is 3.50. The molecule has 1 fully saturated rings. The van der Waals surface area contributed by atoms with Crippen molar-refractivity contribution in [3.8, 4) is 0 Å². The van der Waals surface area contributed by atoms with Crippen LogP contribution in [0.3, 0.4) is 0 Å². The Morgan fingerprint density at radius 1 is 1.41 bits per heavy atom. The number of anilines is 1. The van der Waals surface area contributed by atoms with Gasteiger partial charge in [-0.2, -0.15) is 0 Å². The molecule has 0 aliphatic heterocycles. The van der Waals surface area contributed by atoms with Gasteiger partial charge in [-0.3, -0.25) is 4.79 Å². The Kier molecular flexibility index (Phi) is 3.90. The zero-order valence-corrected chi connectivity index (χ0v) is 10.1. The van der Waals surface area contributed by atoms with Gasteiger partial charge in [-0.15, -0.1) is 10.2 Å². The topological polar surface area (TPSA) is 66.9 Å². The van der Waals surface area contributed by atoms with Gasteiger partial charge in [-0.25, -0.2) is 0 Å². The first-order valence-corrected chi connectivity index (χ1v) is 6.15. The molecular weight excluding hydrogens is 216 g/mol. The van der Waals surface area contributed by atoms with Crippen LogP contribution in [0.5, 0.6) is 0 Å². The van der Waals surface area contributed by atoms with E-state index >= 15 is 0 Å². The van der Waals surface area contributed by atoms with Gasteiger partial charge in [0, 0.05) is 13.1 Å². The van der Waals surface area contributed by atoms with Crippen molar-refractivity contribution in [2.45, 2.75) is 26.2 Å². The summed E-state index contributed by atoms with van der Waals surface area (Å²) >= 11 is 0. The molecule has 1 aliphatic carbocycles. The van der Waals surface area contributed by atoms with E-state index in [1.165, 1.54) is 19.3 Å². The van der Waals surface area contributed by atoms with Crippen molar-refractivity contribution >= 4 is 11.7 Å². The molecule has 0 radical (unpaired) electrons. The monoisotopic (exact) mass is 234 g/mol. The highest BCUT2D eigenvalue weighted by atomic mass is 16.1. The molecule has 1 aliphatic rings. The van der Waals surface area contributed by atoms with Gasteiger partial charge in [0.25, 0.3) is 5.91 Å². The van der Waals surface area contributed by atoms with Gasteiger partial charge in [0.05, 0.1) is 0 Å². The summed E-state index contributed by atoms with van der Waals surface area (Å²) in [5.74, 6) is 1.34. The van der Waals surface area contributed by atoms with Crippen molar-refractivity contribution in [2.75, 3.05) is 18.4 Å². The summed E-state index contributed by atoms with van der Waals surface area (Å²) in [6.45, 7) is 3.43. The third-order valence-corrected chi connectivity index (χ3v) is 3.03. The summed E-state index contributed by atoms with van der Waals surface area (Å²) in [7, 11) is 0. The highest BCUT2D eigenvalue weighted by Gasteiger charge is 2.17. The van der Waals surface area contributed by atoms with Gasteiger partial charge in [-0.1, -0.05) is 6.42 Å². The molecule has 1 aromatic rings. The van der Waals surface area contributed by atoms with E-state index in [1.54, 1.807) is 12.1 Å². The molecule has 1 amide bonds. The smallest absolute Gasteiger partial charge is 0.271 e. The standard InChI is InChI=1S/C12H18N4O/c1-2-13-12(17)10-6-7-11(16-15-10)14-8-9-4-3-5-9/h6-7,9H,2-5,8H2,1H3,(H,13,17)(H,14,16). The van der Waals surface area contributed by atoms with Crippen molar-refractivity contribution in [3.05, 3.63) is 17.8 Å². The predicted molar refractivity (Wildman–Crippen MR) is 65.9 cm³/mol. The van der Waals surface area contributed by atoms with Crippen LogP contribution < -0.4 is 10.6 Å². The van der Waals surface area contributed by atoms with E-state index in [2.05, 4.69) is 20.8 Å². The van der Waals surface area contributed by atoms with Crippen molar-refractivity contribution in [1.29, 1.82) is 0 Å². The molecule has 0 atom stereocenters. The third kappa shape index (κ3) is 3.15. The second-order valence-electron chi connectivity index (χ2n) is 4.34. The molecule has 0 unspecified atom stereocenters. The molecule has 0 bridgehead atoms. The molecule has 2 N–H and O–H groups in total. The number of nitrogens with one attached hydrogen (secondary N) is 2. The number of hydrogen-bond donors (Lipinski definition) is 2. The van der Waals surface area contributed by atoms with Gasteiger partial charge in [0.1, 0.15) is 5.82 Å². The molecule has 0 saturated heterocycles. The minimum absolute atomic E-state index is 0.175. The van der Waals surface area contributed by atoms with Crippen molar-refractivity contribution in [1.82, 2.24) is 15.5 Å². The van der Waals surface area contributed by atoms with Gasteiger partial charge in [0.15, 0.2) is 5.69 Å². The van der Waals surface area contributed by atoms with E-state index in [9.17, 15) is 4.79 Å². The summed E-state index contributed by atoms with van der Waals surface area (Å²) in [5, 5.41) is 13.8. The first-order valence-electron chi connectivity index (χ1n) is 6.15. The number of carbonyl (C=O) groups excluding carboxylic acids is 1. The quantitative estimate of drug-likeness (QED) is 0.809. The lowest BCUT2D eigenvalue weighted by atomic mass is 9.85. The summed E-state index contributed by atoms with van der Waals surface area (Å²) in [5.41, 5.74) is 0.362. The number of rotatable bonds is 5. The molecule has 1 heterocycles. The van der Waals surface area contributed by atoms with Gasteiger partial charge < -0.3 is 10.6 Å². The van der Waals surface area contributed by atoms with Crippen molar-refractivity contribution in [3.63, 3.8) is 0 Å². The van der Waals surface area contributed by atoms with E-state index in [-0.39, 0.29) is 5.91 Å². The van der Waals surface area contributed by atoms with Crippen LogP contribution in [-0.4, -0.2) is 29.2 Å². The molecule has 5 heteroatoms. The largest absolute Gasteiger partial charge is 0.368 e. The van der Waals surface area contributed by atoms with Crippen LogP contribution in [-0.2, 0) is 0 Å². The first-order chi connectivity index (χ1) is 8.29. The lowest BCUT2D eigenvalue weighted by molar-refractivity contribution is 0.0950. The molecule has 0 aromatic carbocycles. The highest BCUT2D eigenvalue weighted by molar-refractivity contribution is 5.92. The lowest BCUT2D eigenvalue weighted by Crippen LogP contribution is -2.24. The molecule has 5 nitrogen and oxygen atoms in total. The van der Waals surface area contributed by atoms with Crippen molar-refractivity contribution in [2.24, 2.45) is 5.92 Å². The second-order valence-corrected chi connectivity index (χ2v) is 4.34. The fourth-order valence-corrected chi connectivity index (χ4v) is 1.74. The summed E-state index contributed by atoms with van der Waals surface area (Å²) in [6.07, 6.45) is 3.95. The maximum Gasteiger partial charge on any atom is 0.271 e. The van der Waals surface area contributed by atoms with E-state index in [0.717, 1.165) is 18.3 Å². The zero-order valence-electron chi connectivity index (χ0n) is 10.1. The third-order valence-electron chi connectivity index (χ3n) is 3.03. The van der Waals surface area contributed by atoms with Crippen LogP contribution in [0.25, 0.3) is 0 Å². The number of amides is 1. The molecule has 2 rings (SSSR count). The fraction of sp³-hybridized carbons (Fsp3) is 0.583. The van der Waals surface area contributed by atoms with Gasteiger partial charge in [0.2, 0.25) is 0 Å². The van der Waals surface area contributed by atoms with E-state index < -0.39 is 0 Å². The number of nitrogens with zero attached hydrogens (tertiary/aromatic N) is 2. The maximum atomic E-state index is 11.4. The Morgan fingerprint density at radius 2 is 2.24 bits per heavy atom. The zero-order chi connectivity index (χ0) is 12.1. The Bertz CT molecular complexity index is 373. The normalized spacial score (nSPS) is 15.1. The maximum absolute atomic E-state index is 11.4.